The molecule has 0 radical (unpaired) electrons. The molecule has 0 aliphatic heterocycles. The summed E-state index contributed by atoms with van der Waals surface area (Å²) >= 11 is 0. The number of nitrogens with zero attached hydrogens (tertiary/aromatic N) is 3. The van der Waals surface area contributed by atoms with Crippen LogP contribution in [0.1, 0.15) is 11.8 Å². The van der Waals surface area contributed by atoms with E-state index < -0.39 is 6.23 Å². The molecule has 0 aromatic carbocycles. The molecule has 0 saturated heterocycles. The predicted octanol–water partition coefficient (Wildman–Crippen LogP) is 0.991. The molecule has 2 aromatic heterocycles. The molecular formula is C12H14N4O2. The second-order valence-corrected chi connectivity index (χ2v) is 3.51. The van der Waals surface area contributed by atoms with Crippen LogP contribution < -0.4 is 5.32 Å². The zero-order chi connectivity index (χ0) is 12.6. The van der Waals surface area contributed by atoms with Crippen LogP contribution in [0.3, 0.4) is 0 Å². The van der Waals surface area contributed by atoms with Crippen LogP contribution in [0.25, 0.3) is 0 Å². The second-order valence-electron chi connectivity index (χ2n) is 3.51. The highest BCUT2D eigenvalue weighted by Crippen LogP contribution is 2.17. The molecule has 18 heavy (non-hydrogen) atoms. The molecule has 94 valence electrons. The highest BCUT2D eigenvalue weighted by atomic mass is 16.5. The average Bonchev–Trinajstić information content (AvgIpc) is 2.45. The third-order valence-corrected chi connectivity index (χ3v) is 2.20. The van der Waals surface area contributed by atoms with E-state index in [1.807, 2.05) is 18.2 Å². The second kappa shape index (κ2) is 6.63. The van der Waals surface area contributed by atoms with Gasteiger partial charge in [-0.3, -0.25) is 0 Å². The van der Waals surface area contributed by atoms with Crippen molar-refractivity contribution in [2.45, 2.75) is 6.23 Å². The van der Waals surface area contributed by atoms with Gasteiger partial charge in [0.05, 0.1) is 13.2 Å². The molecule has 2 aromatic rings. The number of nitrogens with one attached hydrogen (secondary N) is 1. The molecule has 1 atom stereocenters. The lowest BCUT2D eigenvalue weighted by Crippen LogP contribution is -2.17. The minimum Gasteiger partial charge on any atom is -0.394 e. The summed E-state index contributed by atoms with van der Waals surface area (Å²) in [5, 5.41) is 11.9. The Hall–Kier alpha value is -2.05. The molecule has 0 bridgehead atoms. The summed E-state index contributed by atoms with van der Waals surface area (Å²) in [7, 11) is 0. The molecule has 0 aliphatic rings. The lowest BCUT2D eigenvalue weighted by molar-refractivity contribution is 0.0430. The highest BCUT2D eigenvalue weighted by Gasteiger charge is 2.12. The van der Waals surface area contributed by atoms with Crippen LogP contribution in [0, 0.1) is 0 Å². The van der Waals surface area contributed by atoms with Gasteiger partial charge in [0.1, 0.15) is 12.1 Å². The standard InChI is InChI=1S/C12H14N4O2/c17-5-6-18-12(10-7-13-9-14-8-10)16-11-3-1-2-4-15-11/h1-4,7-9,12,17H,5-6H2,(H,15,16). The molecule has 0 saturated carbocycles. The fourth-order valence-corrected chi connectivity index (χ4v) is 1.42. The number of anilines is 1. The molecule has 0 aliphatic carbocycles. The molecule has 0 fully saturated rings. The quantitative estimate of drug-likeness (QED) is 0.740. The van der Waals surface area contributed by atoms with Crippen molar-refractivity contribution in [1.82, 2.24) is 15.0 Å². The van der Waals surface area contributed by atoms with Gasteiger partial charge in [0.25, 0.3) is 0 Å². The molecule has 2 heterocycles. The zero-order valence-electron chi connectivity index (χ0n) is 9.73. The van der Waals surface area contributed by atoms with E-state index >= 15 is 0 Å². The number of rotatable bonds is 6. The number of pyridine rings is 1. The number of aliphatic hydroxyl groups is 1. The van der Waals surface area contributed by atoms with Gasteiger partial charge in [-0.1, -0.05) is 6.07 Å². The first-order chi connectivity index (χ1) is 8.90. The maximum Gasteiger partial charge on any atom is 0.158 e. The summed E-state index contributed by atoms with van der Waals surface area (Å²) in [5.74, 6) is 0.685. The van der Waals surface area contributed by atoms with Gasteiger partial charge in [-0.15, -0.1) is 0 Å². The highest BCUT2D eigenvalue weighted by molar-refractivity contribution is 5.35. The Morgan fingerprint density at radius 1 is 1.28 bits per heavy atom. The minimum absolute atomic E-state index is 0.0475. The van der Waals surface area contributed by atoms with E-state index in [0.29, 0.717) is 5.82 Å². The Labute approximate surface area is 105 Å². The summed E-state index contributed by atoms with van der Waals surface area (Å²) in [6.45, 7) is 0.174. The van der Waals surface area contributed by atoms with E-state index in [1.54, 1.807) is 18.6 Å². The summed E-state index contributed by atoms with van der Waals surface area (Å²) in [6, 6.07) is 5.54. The van der Waals surface area contributed by atoms with Crippen LogP contribution in [0.5, 0.6) is 0 Å². The Morgan fingerprint density at radius 3 is 2.78 bits per heavy atom. The number of aromatic nitrogens is 3. The smallest absolute Gasteiger partial charge is 0.158 e. The van der Waals surface area contributed by atoms with Gasteiger partial charge in [0.15, 0.2) is 6.23 Å². The minimum atomic E-state index is -0.437. The van der Waals surface area contributed by atoms with E-state index in [0.717, 1.165) is 5.56 Å². The third-order valence-electron chi connectivity index (χ3n) is 2.20. The van der Waals surface area contributed by atoms with Crippen molar-refractivity contribution in [2.24, 2.45) is 0 Å². The number of hydrogen-bond donors (Lipinski definition) is 2. The summed E-state index contributed by atoms with van der Waals surface area (Å²) < 4.78 is 5.50. The van der Waals surface area contributed by atoms with Crippen molar-refractivity contribution < 1.29 is 9.84 Å². The lowest BCUT2D eigenvalue weighted by Gasteiger charge is -2.19. The maximum absolute atomic E-state index is 8.83. The molecule has 0 amide bonds. The van der Waals surface area contributed by atoms with Crippen molar-refractivity contribution in [3.63, 3.8) is 0 Å². The van der Waals surface area contributed by atoms with Gasteiger partial charge in [-0.05, 0) is 12.1 Å². The van der Waals surface area contributed by atoms with E-state index in [9.17, 15) is 0 Å². The van der Waals surface area contributed by atoms with Crippen molar-refractivity contribution in [1.29, 1.82) is 0 Å². The number of ether oxygens (including phenoxy) is 1. The van der Waals surface area contributed by atoms with Gasteiger partial charge in [-0.2, -0.15) is 0 Å². The molecule has 2 N–H and O–H groups in total. The molecule has 2 rings (SSSR count). The fourth-order valence-electron chi connectivity index (χ4n) is 1.42. The Morgan fingerprint density at radius 2 is 2.11 bits per heavy atom. The van der Waals surface area contributed by atoms with Crippen LogP contribution >= 0.6 is 0 Å². The summed E-state index contributed by atoms with van der Waals surface area (Å²) in [6.07, 6.45) is 6.02. The van der Waals surface area contributed by atoms with Gasteiger partial charge < -0.3 is 15.2 Å². The Balaban J connectivity index is 2.10. The molecule has 1 unspecified atom stereocenters. The summed E-state index contributed by atoms with van der Waals surface area (Å²) in [5.41, 5.74) is 0.775. The molecule has 6 heteroatoms. The molecule has 6 nitrogen and oxygen atoms in total. The van der Waals surface area contributed by atoms with E-state index in [2.05, 4.69) is 20.3 Å². The largest absolute Gasteiger partial charge is 0.394 e. The molecular weight excluding hydrogens is 232 g/mol. The maximum atomic E-state index is 8.83. The monoisotopic (exact) mass is 246 g/mol. The normalized spacial score (nSPS) is 12.1. The van der Waals surface area contributed by atoms with Gasteiger partial charge in [-0.25, -0.2) is 15.0 Å². The average molecular weight is 246 g/mol. The van der Waals surface area contributed by atoms with E-state index in [-0.39, 0.29) is 13.2 Å². The number of hydrogen-bond acceptors (Lipinski definition) is 6. The van der Waals surface area contributed by atoms with E-state index in [1.165, 1.54) is 6.33 Å². The Bertz CT molecular complexity index is 452. The first-order valence-electron chi connectivity index (χ1n) is 5.55. The van der Waals surface area contributed by atoms with Gasteiger partial charge in [0.2, 0.25) is 0 Å². The van der Waals surface area contributed by atoms with Crippen LogP contribution in [0.4, 0.5) is 5.82 Å². The first kappa shape index (κ1) is 12.4. The number of aliphatic hydroxyl groups excluding tert-OH is 1. The topological polar surface area (TPSA) is 80.2 Å². The summed E-state index contributed by atoms with van der Waals surface area (Å²) in [4.78, 5) is 12.0. The predicted molar refractivity (Wildman–Crippen MR) is 65.7 cm³/mol. The van der Waals surface area contributed by atoms with Crippen molar-refractivity contribution in [3.8, 4) is 0 Å². The SMILES string of the molecule is OCCOC(Nc1ccccn1)c1cncnc1. The van der Waals surface area contributed by atoms with Crippen molar-refractivity contribution in [2.75, 3.05) is 18.5 Å². The van der Waals surface area contributed by atoms with Crippen LogP contribution in [0.2, 0.25) is 0 Å². The fraction of sp³-hybridized carbons (Fsp3) is 0.250. The van der Waals surface area contributed by atoms with Gasteiger partial charge in [0, 0.05) is 24.2 Å². The van der Waals surface area contributed by atoms with Crippen LogP contribution in [-0.4, -0.2) is 33.3 Å². The molecule has 0 spiro atoms. The van der Waals surface area contributed by atoms with Crippen molar-refractivity contribution in [3.05, 3.63) is 48.7 Å². The first-order valence-corrected chi connectivity index (χ1v) is 5.55. The lowest BCUT2D eigenvalue weighted by atomic mass is 10.3. The third kappa shape index (κ3) is 3.47. The van der Waals surface area contributed by atoms with Crippen LogP contribution in [-0.2, 0) is 4.74 Å². The van der Waals surface area contributed by atoms with E-state index in [4.69, 9.17) is 9.84 Å². The van der Waals surface area contributed by atoms with Crippen LogP contribution in [0.15, 0.2) is 43.1 Å². The Kier molecular flexibility index (Phi) is 4.57. The van der Waals surface area contributed by atoms with Gasteiger partial charge >= 0.3 is 0 Å². The van der Waals surface area contributed by atoms with Crippen molar-refractivity contribution >= 4 is 5.82 Å². The zero-order valence-corrected chi connectivity index (χ0v) is 9.73.